The molecular formula is C17H14F3N5O4. The molecule has 0 atom stereocenters. The summed E-state index contributed by atoms with van der Waals surface area (Å²) in [5.41, 5.74) is -1.57. The van der Waals surface area contributed by atoms with Crippen molar-refractivity contribution in [3.05, 3.63) is 46.3 Å². The molecule has 29 heavy (non-hydrogen) atoms. The fourth-order valence-corrected chi connectivity index (χ4v) is 2.83. The van der Waals surface area contributed by atoms with Gasteiger partial charge in [-0.05, 0) is 12.1 Å². The number of hydrogen-bond acceptors (Lipinski definition) is 7. The van der Waals surface area contributed by atoms with E-state index in [0.717, 1.165) is 6.20 Å². The number of halogens is 3. The summed E-state index contributed by atoms with van der Waals surface area (Å²) in [4.78, 5) is 14.0. The number of nitrogens with zero attached hydrogens (tertiary/aromatic N) is 5. The third-order valence-electron chi connectivity index (χ3n) is 4.11. The third kappa shape index (κ3) is 3.56. The number of alkyl halides is 3. The van der Waals surface area contributed by atoms with E-state index >= 15 is 0 Å². The molecule has 0 fully saturated rings. The summed E-state index contributed by atoms with van der Waals surface area (Å²) >= 11 is 0. The predicted octanol–water partition coefficient (Wildman–Crippen LogP) is 3.49. The Kier molecular flexibility index (Phi) is 5.10. The second-order valence-electron chi connectivity index (χ2n) is 5.79. The van der Waals surface area contributed by atoms with Gasteiger partial charge in [-0.2, -0.15) is 13.2 Å². The first-order valence-electron chi connectivity index (χ1n) is 8.01. The number of rotatable bonds is 5. The molecule has 3 aromatic rings. The Balaban J connectivity index is 2.24. The smallest absolute Gasteiger partial charge is 0.434 e. The minimum atomic E-state index is -4.70. The van der Waals surface area contributed by atoms with Crippen molar-refractivity contribution in [2.24, 2.45) is 7.05 Å². The highest BCUT2D eigenvalue weighted by molar-refractivity contribution is 5.74. The van der Waals surface area contributed by atoms with Crippen molar-refractivity contribution in [3.8, 4) is 34.3 Å². The highest BCUT2D eigenvalue weighted by Crippen LogP contribution is 2.42. The van der Waals surface area contributed by atoms with E-state index in [0.29, 0.717) is 0 Å². The van der Waals surface area contributed by atoms with Gasteiger partial charge in [0.25, 0.3) is 5.69 Å². The minimum Gasteiger partial charge on any atom is -0.493 e. The van der Waals surface area contributed by atoms with Gasteiger partial charge in [-0.25, -0.2) is 0 Å². The Labute approximate surface area is 161 Å². The van der Waals surface area contributed by atoms with Gasteiger partial charge in [0.2, 0.25) is 0 Å². The summed E-state index contributed by atoms with van der Waals surface area (Å²) in [7, 11) is 4.06. The first-order valence-corrected chi connectivity index (χ1v) is 8.01. The van der Waals surface area contributed by atoms with E-state index in [9.17, 15) is 23.3 Å². The van der Waals surface area contributed by atoms with Crippen molar-refractivity contribution in [2.45, 2.75) is 6.18 Å². The SMILES string of the molecule is COc1cc([N+](=O)[O-])cc(-c2nnc(-c3cccnc3C(F)(F)F)n2C)c1OC. The normalized spacial score (nSPS) is 11.4. The van der Waals surface area contributed by atoms with Crippen LogP contribution in [-0.4, -0.2) is 38.9 Å². The lowest BCUT2D eigenvalue weighted by atomic mass is 10.1. The van der Waals surface area contributed by atoms with Crippen LogP contribution in [0.5, 0.6) is 11.5 Å². The number of benzene rings is 1. The molecule has 0 bridgehead atoms. The second-order valence-corrected chi connectivity index (χ2v) is 5.79. The van der Waals surface area contributed by atoms with Gasteiger partial charge in [-0.1, -0.05) is 0 Å². The van der Waals surface area contributed by atoms with Crippen molar-refractivity contribution in [3.63, 3.8) is 0 Å². The summed E-state index contributed by atoms with van der Waals surface area (Å²) in [5.74, 6) is 0.129. The second kappa shape index (κ2) is 7.37. The summed E-state index contributed by atoms with van der Waals surface area (Å²) in [5, 5.41) is 19.0. The topological polar surface area (TPSA) is 105 Å². The third-order valence-corrected chi connectivity index (χ3v) is 4.11. The van der Waals surface area contributed by atoms with E-state index in [4.69, 9.17) is 9.47 Å². The quantitative estimate of drug-likeness (QED) is 0.469. The maximum absolute atomic E-state index is 13.3. The Bertz CT molecular complexity index is 1080. The zero-order valence-corrected chi connectivity index (χ0v) is 15.4. The lowest BCUT2D eigenvalue weighted by Crippen LogP contribution is -2.11. The highest BCUT2D eigenvalue weighted by Gasteiger charge is 2.37. The molecule has 0 saturated carbocycles. The van der Waals surface area contributed by atoms with E-state index in [2.05, 4.69) is 15.2 Å². The highest BCUT2D eigenvalue weighted by atomic mass is 19.4. The van der Waals surface area contributed by atoms with Crippen LogP contribution in [0, 0.1) is 10.1 Å². The van der Waals surface area contributed by atoms with Crippen LogP contribution in [0.3, 0.4) is 0 Å². The van der Waals surface area contributed by atoms with Crippen LogP contribution in [0.25, 0.3) is 22.8 Å². The molecule has 9 nitrogen and oxygen atoms in total. The molecule has 0 radical (unpaired) electrons. The molecule has 12 heteroatoms. The lowest BCUT2D eigenvalue weighted by molar-refractivity contribution is -0.384. The maximum atomic E-state index is 13.3. The lowest BCUT2D eigenvalue weighted by Gasteiger charge is -2.13. The van der Waals surface area contributed by atoms with Crippen molar-refractivity contribution < 1.29 is 27.6 Å². The molecule has 0 unspecified atom stereocenters. The molecule has 0 amide bonds. The van der Waals surface area contributed by atoms with E-state index in [1.54, 1.807) is 0 Å². The summed E-state index contributed by atoms with van der Waals surface area (Å²) < 4.78 is 51.7. The van der Waals surface area contributed by atoms with Crippen LogP contribution in [0.4, 0.5) is 18.9 Å². The summed E-state index contributed by atoms with van der Waals surface area (Å²) in [6, 6.07) is 4.91. The summed E-state index contributed by atoms with van der Waals surface area (Å²) in [6.07, 6.45) is -3.67. The van der Waals surface area contributed by atoms with Gasteiger partial charge >= 0.3 is 6.18 Å². The molecule has 152 valence electrons. The van der Waals surface area contributed by atoms with Crippen LogP contribution in [0.2, 0.25) is 0 Å². The van der Waals surface area contributed by atoms with Crippen molar-refractivity contribution in [1.82, 2.24) is 19.7 Å². The minimum absolute atomic E-state index is 0.0517. The van der Waals surface area contributed by atoms with Gasteiger partial charge in [0.1, 0.15) is 0 Å². The van der Waals surface area contributed by atoms with Gasteiger partial charge in [-0.15, -0.1) is 10.2 Å². The van der Waals surface area contributed by atoms with Gasteiger partial charge < -0.3 is 14.0 Å². The predicted molar refractivity (Wildman–Crippen MR) is 94.4 cm³/mol. The largest absolute Gasteiger partial charge is 0.493 e. The van der Waals surface area contributed by atoms with Crippen molar-refractivity contribution >= 4 is 5.69 Å². The number of methoxy groups -OCH3 is 2. The molecule has 0 aliphatic carbocycles. The number of ether oxygens (including phenoxy) is 2. The first-order chi connectivity index (χ1) is 13.7. The number of hydrogen-bond donors (Lipinski definition) is 0. The molecule has 3 rings (SSSR count). The number of non-ortho nitro benzene ring substituents is 1. The molecule has 2 heterocycles. The zero-order chi connectivity index (χ0) is 21.3. The zero-order valence-electron chi connectivity index (χ0n) is 15.4. The molecule has 0 aliphatic rings. The fraction of sp³-hybridized carbons (Fsp3) is 0.235. The molecule has 0 spiro atoms. The molecule has 2 aromatic heterocycles. The maximum Gasteiger partial charge on any atom is 0.434 e. The average Bonchev–Trinajstić information content (AvgIpc) is 3.07. The molecular weight excluding hydrogens is 395 g/mol. The Hall–Kier alpha value is -3.70. The van der Waals surface area contributed by atoms with Gasteiger partial charge in [0.15, 0.2) is 28.8 Å². The van der Waals surface area contributed by atoms with Gasteiger partial charge in [-0.3, -0.25) is 15.1 Å². The number of nitro groups is 1. The average molecular weight is 409 g/mol. The molecule has 1 aromatic carbocycles. The van der Waals surface area contributed by atoms with E-state index in [1.807, 2.05) is 0 Å². The van der Waals surface area contributed by atoms with Crippen LogP contribution >= 0.6 is 0 Å². The molecule has 0 aliphatic heterocycles. The molecule has 0 saturated heterocycles. The number of pyridine rings is 1. The summed E-state index contributed by atoms with van der Waals surface area (Å²) in [6.45, 7) is 0. The van der Waals surface area contributed by atoms with E-state index in [1.165, 1.54) is 50.1 Å². The number of aromatic nitrogens is 4. The van der Waals surface area contributed by atoms with Crippen molar-refractivity contribution in [1.29, 1.82) is 0 Å². The Morgan fingerprint density at radius 3 is 2.31 bits per heavy atom. The van der Waals surface area contributed by atoms with Crippen LogP contribution in [0.1, 0.15) is 5.69 Å². The first kappa shape index (κ1) is 20.0. The fourth-order valence-electron chi connectivity index (χ4n) is 2.83. The van der Waals surface area contributed by atoms with E-state index in [-0.39, 0.29) is 40.0 Å². The number of nitro benzene ring substituents is 1. The van der Waals surface area contributed by atoms with Crippen LogP contribution in [0.15, 0.2) is 30.5 Å². The van der Waals surface area contributed by atoms with Crippen LogP contribution < -0.4 is 9.47 Å². The monoisotopic (exact) mass is 409 g/mol. The van der Waals surface area contributed by atoms with Gasteiger partial charge in [0, 0.05) is 19.3 Å². The van der Waals surface area contributed by atoms with E-state index < -0.39 is 16.8 Å². The standard InChI is InChI=1S/C17H14F3N5O4/c1-24-15(10-5-4-6-21-14(10)17(18,19)20)22-23-16(24)11-7-9(25(26)27)8-12(28-2)13(11)29-3/h4-8H,1-3H3. The molecule has 0 N–H and O–H groups in total. The van der Waals surface area contributed by atoms with Crippen LogP contribution in [-0.2, 0) is 13.2 Å². The van der Waals surface area contributed by atoms with Gasteiger partial charge in [0.05, 0.1) is 36.3 Å². The Morgan fingerprint density at radius 1 is 1.10 bits per heavy atom. The Morgan fingerprint density at radius 2 is 1.76 bits per heavy atom. The van der Waals surface area contributed by atoms with Crippen molar-refractivity contribution in [2.75, 3.05) is 14.2 Å².